The number of hydrogen-bond donors (Lipinski definition) is 2. The highest BCUT2D eigenvalue weighted by atomic mass is 32.2. The molecule has 114 valence electrons. The van der Waals surface area contributed by atoms with Gasteiger partial charge in [0.15, 0.2) is 0 Å². The van der Waals surface area contributed by atoms with E-state index in [2.05, 4.69) is 4.72 Å². The van der Waals surface area contributed by atoms with Crippen LogP contribution in [0.3, 0.4) is 0 Å². The Hall–Kier alpha value is -1.37. The first-order valence-electron chi connectivity index (χ1n) is 7.21. The van der Waals surface area contributed by atoms with Crippen molar-refractivity contribution < 1.29 is 13.2 Å². The second kappa shape index (κ2) is 5.44. The van der Waals surface area contributed by atoms with Crippen LogP contribution in [0.5, 0.6) is 5.75 Å². The topological polar surface area (TPSA) is 81.4 Å². The second-order valence-corrected chi connectivity index (χ2v) is 7.47. The van der Waals surface area contributed by atoms with Crippen molar-refractivity contribution in [2.45, 2.75) is 31.2 Å². The van der Waals surface area contributed by atoms with Gasteiger partial charge in [0.2, 0.25) is 10.0 Å². The van der Waals surface area contributed by atoms with E-state index in [0.29, 0.717) is 12.3 Å². The normalized spacial score (nSPS) is 20.5. The Morgan fingerprint density at radius 1 is 1.24 bits per heavy atom. The Labute approximate surface area is 125 Å². The number of sulfonamides is 1. The van der Waals surface area contributed by atoms with Crippen molar-refractivity contribution >= 4 is 16.1 Å². The molecule has 1 fully saturated rings. The molecule has 0 bridgehead atoms. The molecule has 1 aromatic carbocycles. The van der Waals surface area contributed by atoms with Gasteiger partial charge < -0.3 is 10.5 Å². The minimum absolute atomic E-state index is 0.0625. The van der Waals surface area contributed by atoms with Gasteiger partial charge in [0, 0.05) is 17.6 Å². The number of ether oxygens (including phenoxy) is 1. The maximum atomic E-state index is 12.6. The van der Waals surface area contributed by atoms with Crippen molar-refractivity contribution in [3.05, 3.63) is 34.7 Å². The van der Waals surface area contributed by atoms with Gasteiger partial charge in [0.25, 0.3) is 0 Å². The first-order valence-corrected chi connectivity index (χ1v) is 8.69. The standard InChI is InChI=1S/C15H20N2O3S/c16-11-15(7-3-4-8-15)17-21(18,19)13-9-12-5-1-2-6-14(12)20-10-13/h1-2,5-6,9,17H,3-4,7-8,10-11,16H2. The lowest BCUT2D eigenvalue weighted by molar-refractivity contribution is 0.350. The molecule has 0 aromatic heterocycles. The molecule has 1 aliphatic carbocycles. The molecule has 3 N–H and O–H groups in total. The Morgan fingerprint density at radius 3 is 2.67 bits per heavy atom. The predicted octanol–water partition coefficient (Wildman–Crippen LogP) is 1.61. The van der Waals surface area contributed by atoms with Gasteiger partial charge in [-0.2, -0.15) is 0 Å². The van der Waals surface area contributed by atoms with E-state index >= 15 is 0 Å². The Morgan fingerprint density at radius 2 is 1.95 bits per heavy atom. The molecule has 1 aliphatic heterocycles. The molecular formula is C15H20N2O3S. The summed E-state index contributed by atoms with van der Waals surface area (Å²) in [7, 11) is -3.57. The number of nitrogens with two attached hydrogens (primary N) is 1. The minimum atomic E-state index is -3.57. The molecule has 0 radical (unpaired) electrons. The Kier molecular flexibility index (Phi) is 3.77. The van der Waals surface area contributed by atoms with Crippen molar-refractivity contribution in [3.63, 3.8) is 0 Å². The SMILES string of the molecule is NCC1(NS(=O)(=O)C2=Cc3ccccc3OC2)CCCC1. The van der Waals surface area contributed by atoms with Gasteiger partial charge in [-0.05, 0) is 25.0 Å². The quantitative estimate of drug-likeness (QED) is 0.885. The maximum absolute atomic E-state index is 12.6. The molecule has 0 atom stereocenters. The molecule has 0 amide bonds. The molecular weight excluding hydrogens is 288 g/mol. The summed E-state index contributed by atoms with van der Waals surface area (Å²) in [4.78, 5) is 0.265. The zero-order valence-electron chi connectivity index (χ0n) is 11.8. The Balaban J connectivity index is 1.88. The molecule has 21 heavy (non-hydrogen) atoms. The third-order valence-corrected chi connectivity index (χ3v) is 5.88. The summed E-state index contributed by atoms with van der Waals surface area (Å²) in [5.74, 6) is 0.714. The first kappa shape index (κ1) is 14.6. The minimum Gasteiger partial charge on any atom is -0.487 e. The van der Waals surface area contributed by atoms with Crippen LogP contribution in [-0.2, 0) is 10.0 Å². The van der Waals surface area contributed by atoms with Crippen LogP contribution < -0.4 is 15.2 Å². The summed E-state index contributed by atoms with van der Waals surface area (Å²) in [6, 6.07) is 7.41. The van der Waals surface area contributed by atoms with E-state index in [1.807, 2.05) is 24.3 Å². The van der Waals surface area contributed by atoms with Crippen molar-refractivity contribution in [3.8, 4) is 5.75 Å². The highest BCUT2D eigenvalue weighted by molar-refractivity contribution is 7.93. The van der Waals surface area contributed by atoms with Crippen LogP contribution in [0.4, 0.5) is 0 Å². The van der Waals surface area contributed by atoms with Gasteiger partial charge in [0.05, 0.1) is 4.91 Å². The number of benzene rings is 1. The predicted molar refractivity (Wildman–Crippen MR) is 82.2 cm³/mol. The van der Waals surface area contributed by atoms with E-state index in [-0.39, 0.29) is 11.5 Å². The van der Waals surface area contributed by atoms with E-state index in [4.69, 9.17) is 10.5 Å². The molecule has 3 rings (SSSR count). The zero-order valence-corrected chi connectivity index (χ0v) is 12.7. The fourth-order valence-electron chi connectivity index (χ4n) is 3.00. The lowest BCUT2D eigenvalue weighted by Gasteiger charge is -2.29. The molecule has 1 heterocycles. The van der Waals surface area contributed by atoms with E-state index in [1.54, 1.807) is 6.08 Å². The molecule has 0 spiro atoms. The van der Waals surface area contributed by atoms with Gasteiger partial charge in [-0.1, -0.05) is 31.0 Å². The highest BCUT2D eigenvalue weighted by Gasteiger charge is 2.38. The van der Waals surface area contributed by atoms with Crippen LogP contribution in [0.25, 0.3) is 6.08 Å². The van der Waals surface area contributed by atoms with Gasteiger partial charge >= 0.3 is 0 Å². The average Bonchev–Trinajstić information content (AvgIpc) is 2.95. The largest absolute Gasteiger partial charge is 0.487 e. The fraction of sp³-hybridized carbons (Fsp3) is 0.467. The third-order valence-electron chi connectivity index (χ3n) is 4.25. The summed E-state index contributed by atoms with van der Waals surface area (Å²) < 4.78 is 33.6. The number of para-hydroxylation sites is 1. The van der Waals surface area contributed by atoms with Gasteiger partial charge in [-0.25, -0.2) is 13.1 Å². The monoisotopic (exact) mass is 308 g/mol. The lowest BCUT2D eigenvalue weighted by Crippen LogP contribution is -2.52. The Bertz CT molecular complexity index is 661. The molecule has 5 nitrogen and oxygen atoms in total. The smallest absolute Gasteiger partial charge is 0.240 e. The molecule has 6 heteroatoms. The number of rotatable bonds is 4. The summed E-state index contributed by atoms with van der Waals surface area (Å²) in [5, 5.41) is 0. The van der Waals surface area contributed by atoms with Crippen LogP contribution in [0.15, 0.2) is 29.2 Å². The number of nitrogens with one attached hydrogen (secondary N) is 1. The van der Waals surface area contributed by atoms with Crippen LogP contribution in [0, 0.1) is 0 Å². The van der Waals surface area contributed by atoms with Gasteiger partial charge in [0.1, 0.15) is 12.4 Å². The van der Waals surface area contributed by atoms with Crippen molar-refractivity contribution in [1.29, 1.82) is 0 Å². The summed E-state index contributed by atoms with van der Waals surface area (Å²) in [5.41, 5.74) is 6.10. The summed E-state index contributed by atoms with van der Waals surface area (Å²) in [6.07, 6.45) is 5.30. The van der Waals surface area contributed by atoms with Crippen molar-refractivity contribution in [2.24, 2.45) is 5.73 Å². The van der Waals surface area contributed by atoms with Gasteiger partial charge in [-0.3, -0.25) is 0 Å². The molecule has 0 unspecified atom stereocenters. The van der Waals surface area contributed by atoms with Crippen LogP contribution >= 0.6 is 0 Å². The lowest BCUT2D eigenvalue weighted by atomic mass is 10.0. The van der Waals surface area contributed by atoms with Crippen LogP contribution in [0.2, 0.25) is 0 Å². The van der Waals surface area contributed by atoms with Crippen molar-refractivity contribution in [2.75, 3.05) is 13.2 Å². The fourth-order valence-corrected chi connectivity index (χ4v) is 4.49. The number of hydrogen-bond acceptors (Lipinski definition) is 4. The average molecular weight is 308 g/mol. The van der Waals surface area contributed by atoms with Crippen LogP contribution in [-0.4, -0.2) is 27.1 Å². The van der Waals surface area contributed by atoms with E-state index in [1.165, 1.54) is 0 Å². The highest BCUT2D eigenvalue weighted by Crippen LogP contribution is 2.32. The molecule has 2 aliphatic rings. The number of fused-ring (bicyclic) bond motifs is 1. The second-order valence-electron chi connectivity index (χ2n) is 5.73. The third kappa shape index (κ3) is 2.84. The molecule has 1 saturated carbocycles. The van der Waals surface area contributed by atoms with E-state index in [9.17, 15) is 8.42 Å². The summed E-state index contributed by atoms with van der Waals surface area (Å²) >= 11 is 0. The van der Waals surface area contributed by atoms with Crippen molar-refractivity contribution in [1.82, 2.24) is 4.72 Å². The molecule has 1 aromatic rings. The summed E-state index contributed by atoms with van der Waals surface area (Å²) in [6.45, 7) is 0.393. The zero-order chi connectivity index (χ0) is 14.9. The first-order chi connectivity index (χ1) is 10.0. The van der Waals surface area contributed by atoms with Crippen LogP contribution in [0.1, 0.15) is 31.2 Å². The van der Waals surface area contributed by atoms with Gasteiger partial charge in [-0.15, -0.1) is 0 Å². The van der Waals surface area contributed by atoms with E-state index < -0.39 is 15.6 Å². The van der Waals surface area contributed by atoms with E-state index in [0.717, 1.165) is 31.2 Å². The molecule has 0 saturated heterocycles. The maximum Gasteiger partial charge on any atom is 0.240 e.